The molecule has 1 aliphatic heterocycles. The summed E-state index contributed by atoms with van der Waals surface area (Å²) in [4.78, 5) is 4.54. The van der Waals surface area contributed by atoms with E-state index in [1.807, 2.05) is 6.20 Å². The molecule has 4 rings (SSSR count). The summed E-state index contributed by atoms with van der Waals surface area (Å²) in [6.07, 6.45) is 1.89. The van der Waals surface area contributed by atoms with Crippen molar-refractivity contribution >= 4 is 32.5 Å². The predicted molar refractivity (Wildman–Crippen MR) is 76.7 cm³/mol. The molecule has 2 aliphatic rings. The Morgan fingerprint density at radius 1 is 1.17 bits per heavy atom. The number of piperidine rings is 1. The van der Waals surface area contributed by atoms with Crippen LogP contribution in [-0.2, 0) is 0 Å². The molecule has 1 unspecified atom stereocenters. The van der Waals surface area contributed by atoms with Crippen LogP contribution in [0.1, 0.15) is 0 Å². The van der Waals surface area contributed by atoms with E-state index in [9.17, 15) is 0 Å². The number of hydrogen-bond donors (Lipinski definition) is 2. The highest BCUT2D eigenvalue weighted by Gasteiger charge is 2.53. The Kier molecular flexibility index (Phi) is 2.35. The number of anilines is 1. The lowest BCUT2D eigenvalue weighted by Crippen LogP contribution is -2.21. The standard InChI is InChI=1S/C14H14BrN3/c15-12-7-17-14(9-4-2-1-3-8(9)12)18-13-10-5-16-6-11(10)13/h1-4,7,10-11,13,16H,5-6H2,(H,17,18)/t10-,11+,13?. The van der Waals surface area contributed by atoms with Gasteiger partial charge in [-0.2, -0.15) is 0 Å². The van der Waals surface area contributed by atoms with Crippen LogP contribution >= 0.6 is 15.9 Å². The average Bonchev–Trinajstić information content (AvgIpc) is 2.85. The highest BCUT2D eigenvalue weighted by Crippen LogP contribution is 2.44. The van der Waals surface area contributed by atoms with Crippen molar-refractivity contribution < 1.29 is 0 Å². The molecule has 2 fully saturated rings. The van der Waals surface area contributed by atoms with Crippen molar-refractivity contribution in [2.24, 2.45) is 11.8 Å². The van der Waals surface area contributed by atoms with E-state index in [1.54, 1.807) is 0 Å². The number of rotatable bonds is 2. The van der Waals surface area contributed by atoms with Gasteiger partial charge in [0.25, 0.3) is 0 Å². The lowest BCUT2D eigenvalue weighted by molar-refractivity contribution is 0.696. The van der Waals surface area contributed by atoms with E-state index in [0.717, 1.165) is 35.2 Å². The SMILES string of the molecule is Brc1cnc(NC2[C@H]3CNC[C@@H]23)c2ccccc12. The number of nitrogens with zero attached hydrogens (tertiary/aromatic N) is 1. The summed E-state index contributed by atoms with van der Waals surface area (Å²) in [6, 6.07) is 9.00. The molecule has 2 N–H and O–H groups in total. The topological polar surface area (TPSA) is 37.0 Å². The van der Waals surface area contributed by atoms with Crippen molar-refractivity contribution in [2.75, 3.05) is 18.4 Å². The number of pyridine rings is 1. The molecule has 1 saturated heterocycles. The Bertz CT molecular complexity index is 603. The molecule has 18 heavy (non-hydrogen) atoms. The van der Waals surface area contributed by atoms with E-state index < -0.39 is 0 Å². The van der Waals surface area contributed by atoms with Gasteiger partial charge in [-0.15, -0.1) is 0 Å². The Morgan fingerprint density at radius 3 is 2.67 bits per heavy atom. The molecule has 2 aromatic rings. The Morgan fingerprint density at radius 2 is 1.89 bits per heavy atom. The maximum atomic E-state index is 4.54. The summed E-state index contributed by atoms with van der Waals surface area (Å²) in [5, 5.41) is 9.45. The van der Waals surface area contributed by atoms with Gasteiger partial charge in [-0.3, -0.25) is 0 Å². The van der Waals surface area contributed by atoms with Crippen LogP contribution in [0.2, 0.25) is 0 Å². The molecule has 1 saturated carbocycles. The van der Waals surface area contributed by atoms with Crippen LogP contribution < -0.4 is 10.6 Å². The van der Waals surface area contributed by atoms with Crippen LogP contribution in [0.25, 0.3) is 10.8 Å². The first kappa shape index (κ1) is 10.8. The fourth-order valence-electron chi connectivity index (χ4n) is 3.06. The molecule has 4 heteroatoms. The van der Waals surface area contributed by atoms with Crippen LogP contribution in [0.4, 0.5) is 5.82 Å². The van der Waals surface area contributed by atoms with Crippen molar-refractivity contribution in [2.45, 2.75) is 6.04 Å². The van der Waals surface area contributed by atoms with Gasteiger partial charge >= 0.3 is 0 Å². The molecule has 1 aromatic carbocycles. The molecule has 0 spiro atoms. The molecule has 1 aliphatic carbocycles. The van der Waals surface area contributed by atoms with E-state index in [2.05, 4.69) is 55.8 Å². The lowest BCUT2D eigenvalue weighted by Gasteiger charge is -2.11. The molecule has 0 amide bonds. The van der Waals surface area contributed by atoms with Crippen molar-refractivity contribution in [3.63, 3.8) is 0 Å². The third kappa shape index (κ3) is 1.56. The van der Waals surface area contributed by atoms with Crippen molar-refractivity contribution in [3.05, 3.63) is 34.9 Å². The fourth-order valence-corrected chi connectivity index (χ4v) is 3.51. The van der Waals surface area contributed by atoms with Gasteiger partial charge in [-0.25, -0.2) is 4.98 Å². The van der Waals surface area contributed by atoms with E-state index in [0.29, 0.717) is 6.04 Å². The Balaban J connectivity index is 1.70. The number of aromatic nitrogens is 1. The summed E-state index contributed by atoms with van der Waals surface area (Å²) < 4.78 is 1.06. The second-order valence-corrected chi connectivity index (χ2v) is 6.01. The van der Waals surface area contributed by atoms with Gasteiger partial charge in [0, 0.05) is 40.6 Å². The Labute approximate surface area is 114 Å². The van der Waals surface area contributed by atoms with Gasteiger partial charge in [0.05, 0.1) is 0 Å². The van der Waals surface area contributed by atoms with Gasteiger partial charge in [0.2, 0.25) is 0 Å². The first-order valence-corrected chi connectivity index (χ1v) is 7.14. The fraction of sp³-hybridized carbons (Fsp3) is 0.357. The largest absolute Gasteiger partial charge is 0.366 e. The van der Waals surface area contributed by atoms with Gasteiger partial charge in [0.1, 0.15) is 5.82 Å². The predicted octanol–water partition coefficient (Wildman–Crippen LogP) is 2.63. The molecule has 3 nitrogen and oxygen atoms in total. The van der Waals surface area contributed by atoms with Crippen LogP contribution in [-0.4, -0.2) is 24.1 Å². The number of fused-ring (bicyclic) bond motifs is 2. The second kappa shape index (κ2) is 3.93. The molecule has 0 bridgehead atoms. The summed E-state index contributed by atoms with van der Waals surface area (Å²) >= 11 is 3.56. The van der Waals surface area contributed by atoms with Gasteiger partial charge in [0.15, 0.2) is 0 Å². The van der Waals surface area contributed by atoms with E-state index in [-0.39, 0.29) is 0 Å². The monoisotopic (exact) mass is 303 g/mol. The summed E-state index contributed by atoms with van der Waals surface area (Å²) in [5.74, 6) is 2.62. The Hall–Kier alpha value is -1.13. The number of hydrogen-bond acceptors (Lipinski definition) is 3. The van der Waals surface area contributed by atoms with E-state index in [1.165, 1.54) is 10.8 Å². The summed E-state index contributed by atoms with van der Waals surface area (Å²) in [5.41, 5.74) is 0. The van der Waals surface area contributed by atoms with Gasteiger partial charge in [-0.1, -0.05) is 24.3 Å². The number of nitrogens with one attached hydrogen (secondary N) is 2. The molecule has 2 heterocycles. The van der Waals surface area contributed by atoms with Gasteiger partial charge < -0.3 is 10.6 Å². The van der Waals surface area contributed by atoms with Crippen molar-refractivity contribution in [3.8, 4) is 0 Å². The highest BCUT2D eigenvalue weighted by atomic mass is 79.9. The highest BCUT2D eigenvalue weighted by molar-refractivity contribution is 9.10. The molecule has 92 valence electrons. The smallest absolute Gasteiger partial charge is 0.134 e. The van der Waals surface area contributed by atoms with E-state index in [4.69, 9.17) is 0 Å². The maximum Gasteiger partial charge on any atom is 0.134 e. The van der Waals surface area contributed by atoms with Crippen LogP contribution in [0.3, 0.4) is 0 Å². The van der Waals surface area contributed by atoms with Crippen molar-refractivity contribution in [1.82, 2.24) is 10.3 Å². The zero-order chi connectivity index (χ0) is 12.1. The number of halogens is 1. The first-order chi connectivity index (χ1) is 8.84. The molecule has 1 aromatic heterocycles. The van der Waals surface area contributed by atoms with Crippen molar-refractivity contribution in [1.29, 1.82) is 0 Å². The molecule has 0 radical (unpaired) electrons. The quantitative estimate of drug-likeness (QED) is 0.895. The van der Waals surface area contributed by atoms with Crippen LogP contribution in [0.5, 0.6) is 0 Å². The molecule has 3 atom stereocenters. The summed E-state index contributed by atoms with van der Waals surface area (Å²) in [6.45, 7) is 2.30. The first-order valence-electron chi connectivity index (χ1n) is 6.35. The normalized spacial score (nSPS) is 29.3. The van der Waals surface area contributed by atoms with Crippen LogP contribution in [0.15, 0.2) is 34.9 Å². The maximum absolute atomic E-state index is 4.54. The minimum absolute atomic E-state index is 0.614. The zero-order valence-corrected chi connectivity index (χ0v) is 11.4. The van der Waals surface area contributed by atoms with E-state index >= 15 is 0 Å². The van der Waals surface area contributed by atoms with Gasteiger partial charge in [-0.05, 0) is 27.8 Å². The third-order valence-corrected chi connectivity index (χ3v) is 4.77. The minimum Gasteiger partial charge on any atom is -0.366 e. The zero-order valence-electron chi connectivity index (χ0n) is 9.86. The third-order valence-electron chi connectivity index (χ3n) is 4.14. The molecular weight excluding hydrogens is 290 g/mol. The number of benzene rings is 1. The second-order valence-electron chi connectivity index (χ2n) is 5.16. The minimum atomic E-state index is 0.614. The summed E-state index contributed by atoms with van der Waals surface area (Å²) in [7, 11) is 0. The average molecular weight is 304 g/mol. The van der Waals surface area contributed by atoms with Crippen LogP contribution in [0, 0.1) is 11.8 Å². The lowest BCUT2D eigenvalue weighted by atomic mass is 10.1. The molecular formula is C14H14BrN3.